The Morgan fingerprint density at radius 3 is 2.33 bits per heavy atom. The van der Waals surface area contributed by atoms with Crippen molar-refractivity contribution in [3.05, 3.63) is 35.9 Å². The second-order valence-corrected chi connectivity index (χ2v) is 4.09. The van der Waals surface area contributed by atoms with Gasteiger partial charge in [-0.3, -0.25) is 0 Å². The van der Waals surface area contributed by atoms with Crippen LogP contribution in [0.25, 0.3) is 0 Å². The molecule has 0 fully saturated rings. The summed E-state index contributed by atoms with van der Waals surface area (Å²) in [5, 5.41) is 5.32. The van der Waals surface area contributed by atoms with E-state index in [4.69, 9.17) is 9.47 Å². The number of anilines is 3. The number of hydrogen-bond donors (Lipinski definition) is 2. The number of nitrogens with zero attached hydrogens (tertiary/aromatic N) is 1. The van der Waals surface area contributed by atoms with Crippen molar-refractivity contribution in [2.45, 2.75) is 0 Å². The van der Waals surface area contributed by atoms with E-state index in [1.165, 1.54) is 21.3 Å². The molecule has 0 aliphatic carbocycles. The quantitative estimate of drug-likeness (QED) is 0.887. The van der Waals surface area contributed by atoms with Gasteiger partial charge in [-0.1, -0.05) is 0 Å². The van der Waals surface area contributed by atoms with Crippen LogP contribution in [0.4, 0.5) is 26.1 Å². The van der Waals surface area contributed by atoms with E-state index in [-0.39, 0.29) is 11.6 Å². The maximum Gasteiger partial charge on any atom is 0.169 e. The zero-order chi connectivity index (χ0) is 15.4. The molecule has 0 atom stereocenters. The Bertz CT molecular complexity index is 650. The molecule has 0 amide bonds. The normalized spacial score (nSPS) is 10.1. The molecule has 0 aliphatic rings. The zero-order valence-corrected chi connectivity index (χ0v) is 11.8. The van der Waals surface area contributed by atoms with Gasteiger partial charge in [0.2, 0.25) is 0 Å². The molecule has 0 unspecified atom stereocenters. The fourth-order valence-electron chi connectivity index (χ4n) is 1.76. The molecule has 7 heteroatoms. The summed E-state index contributed by atoms with van der Waals surface area (Å²) in [7, 11) is 4.51. The smallest absolute Gasteiger partial charge is 0.169 e. The lowest BCUT2D eigenvalue weighted by Crippen LogP contribution is -2.04. The lowest BCUT2D eigenvalue weighted by Gasteiger charge is -2.13. The Kier molecular flexibility index (Phi) is 4.42. The van der Waals surface area contributed by atoms with E-state index in [1.807, 2.05) is 0 Å². The SMILES string of the molecule is CNc1nc(Nc2ccc(OC)cc2OC)c(F)cc1F. The van der Waals surface area contributed by atoms with Crippen LogP contribution in [0, 0.1) is 11.6 Å². The van der Waals surface area contributed by atoms with E-state index in [0.29, 0.717) is 17.2 Å². The Balaban J connectivity index is 2.38. The lowest BCUT2D eigenvalue weighted by atomic mass is 10.2. The summed E-state index contributed by atoms with van der Waals surface area (Å²) in [6.07, 6.45) is 0. The summed E-state index contributed by atoms with van der Waals surface area (Å²) in [6.45, 7) is 0. The van der Waals surface area contributed by atoms with E-state index >= 15 is 0 Å². The first-order valence-corrected chi connectivity index (χ1v) is 6.12. The molecule has 1 aromatic carbocycles. The molecule has 1 heterocycles. The van der Waals surface area contributed by atoms with Crippen LogP contribution in [0.1, 0.15) is 0 Å². The molecule has 0 saturated carbocycles. The topological polar surface area (TPSA) is 55.4 Å². The first-order valence-electron chi connectivity index (χ1n) is 6.12. The zero-order valence-electron chi connectivity index (χ0n) is 11.8. The lowest BCUT2D eigenvalue weighted by molar-refractivity contribution is 0.395. The van der Waals surface area contributed by atoms with Gasteiger partial charge in [0, 0.05) is 19.2 Å². The highest BCUT2D eigenvalue weighted by molar-refractivity contribution is 5.67. The minimum atomic E-state index is -0.802. The predicted octanol–water partition coefficient (Wildman–Crippen LogP) is 3.16. The van der Waals surface area contributed by atoms with Crippen molar-refractivity contribution in [1.29, 1.82) is 0 Å². The molecule has 112 valence electrons. The summed E-state index contributed by atoms with van der Waals surface area (Å²) in [6, 6.07) is 5.74. The highest BCUT2D eigenvalue weighted by atomic mass is 19.1. The van der Waals surface area contributed by atoms with Crippen LogP contribution in [0.3, 0.4) is 0 Å². The maximum atomic E-state index is 13.8. The summed E-state index contributed by atoms with van der Waals surface area (Å²) in [5.41, 5.74) is 0.485. The number of aromatic nitrogens is 1. The van der Waals surface area contributed by atoms with E-state index in [9.17, 15) is 8.78 Å². The molecule has 2 rings (SSSR count). The fraction of sp³-hybridized carbons (Fsp3) is 0.214. The molecular weight excluding hydrogens is 280 g/mol. The van der Waals surface area contributed by atoms with Crippen molar-refractivity contribution in [3.8, 4) is 11.5 Å². The van der Waals surface area contributed by atoms with Crippen molar-refractivity contribution in [1.82, 2.24) is 4.98 Å². The Labute approximate surface area is 120 Å². The maximum absolute atomic E-state index is 13.8. The molecule has 5 nitrogen and oxygen atoms in total. The molecule has 0 bridgehead atoms. The summed E-state index contributed by atoms with van der Waals surface area (Å²) < 4.78 is 37.4. The van der Waals surface area contributed by atoms with Crippen molar-refractivity contribution in [2.75, 3.05) is 31.9 Å². The number of methoxy groups -OCH3 is 2. The number of pyridine rings is 1. The highest BCUT2D eigenvalue weighted by Crippen LogP contribution is 2.32. The van der Waals surface area contributed by atoms with Crippen molar-refractivity contribution in [2.24, 2.45) is 0 Å². The first kappa shape index (κ1) is 14.8. The standard InChI is InChI=1S/C14H15F2N3O2/c1-17-13-9(15)7-10(16)14(19-13)18-11-5-4-8(20-2)6-12(11)21-3/h4-7H,1-3H3,(H2,17,18,19). The number of ether oxygens (including phenoxy) is 2. The van der Waals surface area contributed by atoms with Crippen LogP contribution in [-0.4, -0.2) is 26.3 Å². The summed E-state index contributed by atoms with van der Waals surface area (Å²) >= 11 is 0. The molecule has 2 aromatic rings. The van der Waals surface area contributed by atoms with Crippen LogP contribution < -0.4 is 20.1 Å². The van der Waals surface area contributed by atoms with Crippen LogP contribution in [-0.2, 0) is 0 Å². The molecular formula is C14H15F2N3O2. The Morgan fingerprint density at radius 1 is 1.00 bits per heavy atom. The van der Waals surface area contributed by atoms with Crippen LogP contribution >= 0.6 is 0 Å². The monoisotopic (exact) mass is 295 g/mol. The molecule has 0 saturated heterocycles. The van der Waals surface area contributed by atoms with Crippen molar-refractivity contribution < 1.29 is 18.3 Å². The molecule has 0 radical (unpaired) electrons. The number of benzene rings is 1. The van der Waals surface area contributed by atoms with E-state index < -0.39 is 11.6 Å². The second-order valence-electron chi connectivity index (χ2n) is 4.09. The minimum Gasteiger partial charge on any atom is -0.497 e. The van der Waals surface area contributed by atoms with Gasteiger partial charge >= 0.3 is 0 Å². The second kappa shape index (κ2) is 6.25. The van der Waals surface area contributed by atoms with Gasteiger partial charge in [-0.25, -0.2) is 13.8 Å². The molecule has 0 aliphatic heterocycles. The molecule has 0 spiro atoms. The molecule has 1 aromatic heterocycles. The van der Waals surface area contributed by atoms with Gasteiger partial charge < -0.3 is 20.1 Å². The third-order valence-electron chi connectivity index (χ3n) is 2.83. The fourth-order valence-corrected chi connectivity index (χ4v) is 1.76. The predicted molar refractivity (Wildman–Crippen MR) is 76.5 cm³/mol. The van der Waals surface area contributed by atoms with Gasteiger partial charge in [0.25, 0.3) is 0 Å². The van der Waals surface area contributed by atoms with Crippen molar-refractivity contribution >= 4 is 17.3 Å². The molecule has 2 N–H and O–H groups in total. The Morgan fingerprint density at radius 2 is 1.71 bits per heavy atom. The third-order valence-corrected chi connectivity index (χ3v) is 2.83. The van der Waals surface area contributed by atoms with Crippen LogP contribution in [0.15, 0.2) is 24.3 Å². The number of nitrogens with one attached hydrogen (secondary N) is 2. The highest BCUT2D eigenvalue weighted by Gasteiger charge is 2.13. The third kappa shape index (κ3) is 3.13. The van der Waals surface area contributed by atoms with Gasteiger partial charge in [0.1, 0.15) is 11.5 Å². The number of rotatable bonds is 5. The van der Waals surface area contributed by atoms with Gasteiger partial charge in [0.15, 0.2) is 23.3 Å². The minimum absolute atomic E-state index is 0.0496. The van der Waals surface area contributed by atoms with Crippen LogP contribution in [0.5, 0.6) is 11.5 Å². The van der Waals surface area contributed by atoms with E-state index in [0.717, 1.165) is 6.07 Å². The van der Waals surface area contributed by atoms with Crippen molar-refractivity contribution in [3.63, 3.8) is 0 Å². The average Bonchev–Trinajstić information content (AvgIpc) is 2.50. The van der Waals surface area contributed by atoms with E-state index in [2.05, 4.69) is 15.6 Å². The van der Waals surface area contributed by atoms with Gasteiger partial charge in [-0.2, -0.15) is 0 Å². The average molecular weight is 295 g/mol. The van der Waals surface area contributed by atoms with E-state index in [1.54, 1.807) is 18.2 Å². The number of hydrogen-bond acceptors (Lipinski definition) is 5. The van der Waals surface area contributed by atoms with Gasteiger partial charge in [-0.15, -0.1) is 0 Å². The first-order chi connectivity index (χ1) is 10.1. The van der Waals surface area contributed by atoms with Crippen LogP contribution in [0.2, 0.25) is 0 Å². The largest absolute Gasteiger partial charge is 0.497 e. The summed E-state index contributed by atoms with van der Waals surface area (Å²) in [4.78, 5) is 3.84. The number of halogens is 2. The van der Waals surface area contributed by atoms with Gasteiger partial charge in [-0.05, 0) is 12.1 Å². The van der Waals surface area contributed by atoms with Gasteiger partial charge in [0.05, 0.1) is 19.9 Å². The Hall–Kier alpha value is -2.57. The molecule has 21 heavy (non-hydrogen) atoms. The summed E-state index contributed by atoms with van der Waals surface area (Å²) in [5.74, 6) is -0.672.